The SMILES string of the molecule is O=Cc1c(-c2ccc(Br)cc2)nc2ccccn12. The average molecular weight is 301 g/mol. The number of carbonyl (C=O) groups excluding carboxylic acids is 1. The number of aldehydes is 1. The third-order valence-electron chi connectivity index (χ3n) is 2.80. The van der Waals surface area contributed by atoms with E-state index in [1.165, 1.54) is 0 Å². The van der Waals surface area contributed by atoms with Gasteiger partial charge in [-0.3, -0.25) is 9.20 Å². The lowest BCUT2D eigenvalue weighted by atomic mass is 10.1. The molecule has 0 aliphatic heterocycles. The fourth-order valence-corrected chi connectivity index (χ4v) is 2.21. The van der Waals surface area contributed by atoms with Crippen LogP contribution in [0.2, 0.25) is 0 Å². The van der Waals surface area contributed by atoms with Crippen molar-refractivity contribution in [2.24, 2.45) is 0 Å². The number of carbonyl (C=O) groups is 1. The Hall–Kier alpha value is -1.94. The fraction of sp³-hybridized carbons (Fsp3) is 0. The largest absolute Gasteiger partial charge is 0.297 e. The topological polar surface area (TPSA) is 34.4 Å². The van der Waals surface area contributed by atoms with Crippen LogP contribution in [0.5, 0.6) is 0 Å². The molecule has 3 nitrogen and oxygen atoms in total. The van der Waals surface area contributed by atoms with Gasteiger partial charge in [-0.1, -0.05) is 34.1 Å². The van der Waals surface area contributed by atoms with Crippen molar-refractivity contribution < 1.29 is 4.79 Å². The standard InChI is InChI=1S/C14H9BrN2O/c15-11-6-4-10(5-7-11)14-12(9-18)17-8-2-1-3-13(17)16-14/h1-9H. The molecule has 4 heteroatoms. The first-order valence-corrected chi connectivity index (χ1v) is 6.27. The second-order valence-electron chi connectivity index (χ2n) is 3.90. The lowest BCUT2D eigenvalue weighted by molar-refractivity contribution is 0.111. The predicted octanol–water partition coefficient (Wildman–Crippen LogP) is 3.58. The van der Waals surface area contributed by atoms with Crippen LogP contribution >= 0.6 is 15.9 Å². The molecule has 2 aromatic heterocycles. The molecule has 0 atom stereocenters. The number of nitrogens with zero attached hydrogens (tertiary/aromatic N) is 2. The van der Waals surface area contributed by atoms with Gasteiger partial charge in [-0.05, 0) is 24.3 Å². The number of imidazole rings is 1. The smallest absolute Gasteiger partial charge is 0.169 e. The summed E-state index contributed by atoms with van der Waals surface area (Å²) in [6, 6.07) is 13.4. The maximum atomic E-state index is 11.3. The van der Waals surface area contributed by atoms with Crippen molar-refractivity contribution in [1.29, 1.82) is 0 Å². The first-order valence-electron chi connectivity index (χ1n) is 5.48. The molecule has 88 valence electrons. The van der Waals surface area contributed by atoms with E-state index in [1.807, 2.05) is 48.7 Å². The van der Waals surface area contributed by atoms with Crippen LogP contribution < -0.4 is 0 Å². The van der Waals surface area contributed by atoms with E-state index in [4.69, 9.17) is 0 Å². The van der Waals surface area contributed by atoms with E-state index in [1.54, 1.807) is 4.40 Å². The van der Waals surface area contributed by atoms with Crippen molar-refractivity contribution in [2.75, 3.05) is 0 Å². The van der Waals surface area contributed by atoms with Crippen molar-refractivity contribution in [2.45, 2.75) is 0 Å². The maximum absolute atomic E-state index is 11.3. The van der Waals surface area contributed by atoms with Crippen molar-refractivity contribution in [3.05, 3.63) is 58.8 Å². The average Bonchev–Trinajstić information content (AvgIpc) is 2.78. The van der Waals surface area contributed by atoms with Crippen molar-refractivity contribution >= 4 is 27.9 Å². The van der Waals surface area contributed by atoms with Gasteiger partial charge in [0.2, 0.25) is 0 Å². The second-order valence-corrected chi connectivity index (χ2v) is 4.81. The van der Waals surface area contributed by atoms with Gasteiger partial charge < -0.3 is 0 Å². The van der Waals surface area contributed by atoms with Crippen LogP contribution in [0, 0.1) is 0 Å². The van der Waals surface area contributed by atoms with Crippen LogP contribution in [0.3, 0.4) is 0 Å². The van der Waals surface area contributed by atoms with Crippen LogP contribution in [0.1, 0.15) is 10.5 Å². The van der Waals surface area contributed by atoms with Gasteiger partial charge in [-0.2, -0.15) is 0 Å². The Morgan fingerprint density at radius 1 is 1.11 bits per heavy atom. The van der Waals surface area contributed by atoms with Crippen LogP contribution in [0.25, 0.3) is 16.9 Å². The fourth-order valence-electron chi connectivity index (χ4n) is 1.95. The number of rotatable bonds is 2. The van der Waals surface area contributed by atoms with Crippen LogP contribution in [-0.4, -0.2) is 15.7 Å². The highest BCUT2D eigenvalue weighted by Gasteiger charge is 2.12. The molecule has 0 aliphatic rings. The molecule has 3 aromatic rings. The number of hydrogen-bond donors (Lipinski definition) is 0. The van der Waals surface area contributed by atoms with Crippen molar-refractivity contribution in [3.63, 3.8) is 0 Å². The summed E-state index contributed by atoms with van der Waals surface area (Å²) in [6.45, 7) is 0. The molecule has 0 saturated heterocycles. The first-order chi connectivity index (χ1) is 8.79. The van der Waals surface area contributed by atoms with Gasteiger partial charge in [0.25, 0.3) is 0 Å². The number of fused-ring (bicyclic) bond motifs is 1. The molecule has 3 rings (SSSR count). The van der Waals surface area contributed by atoms with Crippen molar-refractivity contribution in [3.8, 4) is 11.3 Å². The molecule has 0 N–H and O–H groups in total. The summed E-state index contributed by atoms with van der Waals surface area (Å²) in [5, 5.41) is 0. The Bertz CT molecular complexity index is 716. The zero-order chi connectivity index (χ0) is 12.5. The summed E-state index contributed by atoms with van der Waals surface area (Å²) in [5.41, 5.74) is 3.00. The van der Waals surface area contributed by atoms with E-state index in [-0.39, 0.29) is 0 Å². The Labute approximate surface area is 112 Å². The molecule has 0 fully saturated rings. The molecule has 0 saturated carbocycles. The highest BCUT2D eigenvalue weighted by molar-refractivity contribution is 9.10. The number of hydrogen-bond acceptors (Lipinski definition) is 2. The lowest BCUT2D eigenvalue weighted by Crippen LogP contribution is -1.91. The maximum Gasteiger partial charge on any atom is 0.169 e. The Balaban J connectivity index is 2.28. The monoisotopic (exact) mass is 300 g/mol. The van der Waals surface area contributed by atoms with E-state index < -0.39 is 0 Å². The summed E-state index contributed by atoms with van der Waals surface area (Å²) in [5.74, 6) is 0. The molecular weight excluding hydrogens is 292 g/mol. The molecular formula is C14H9BrN2O. The van der Waals surface area contributed by atoms with Gasteiger partial charge in [0.1, 0.15) is 17.0 Å². The minimum absolute atomic E-state index is 0.577. The molecule has 0 radical (unpaired) electrons. The molecule has 2 heterocycles. The third-order valence-corrected chi connectivity index (χ3v) is 3.32. The highest BCUT2D eigenvalue weighted by Crippen LogP contribution is 2.24. The molecule has 0 aliphatic carbocycles. The Morgan fingerprint density at radius 2 is 1.89 bits per heavy atom. The molecule has 1 aromatic carbocycles. The van der Waals surface area contributed by atoms with Crippen molar-refractivity contribution in [1.82, 2.24) is 9.38 Å². The van der Waals surface area contributed by atoms with E-state index in [0.29, 0.717) is 11.4 Å². The number of benzene rings is 1. The second kappa shape index (κ2) is 4.38. The predicted molar refractivity (Wildman–Crippen MR) is 73.7 cm³/mol. The van der Waals surface area contributed by atoms with Gasteiger partial charge >= 0.3 is 0 Å². The van der Waals surface area contributed by atoms with E-state index in [2.05, 4.69) is 20.9 Å². The highest BCUT2D eigenvalue weighted by atomic mass is 79.9. The summed E-state index contributed by atoms with van der Waals surface area (Å²) < 4.78 is 2.80. The molecule has 0 amide bonds. The number of halogens is 1. The van der Waals surface area contributed by atoms with E-state index >= 15 is 0 Å². The first kappa shape index (κ1) is 11.2. The zero-order valence-electron chi connectivity index (χ0n) is 9.38. The summed E-state index contributed by atoms with van der Waals surface area (Å²) >= 11 is 3.39. The quantitative estimate of drug-likeness (QED) is 0.678. The molecule has 0 spiro atoms. The summed E-state index contributed by atoms with van der Waals surface area (Å²) in [6.07, 6.45) is 2.69. The number of pyridine rings is 1. The van der Waals surface area contributed by atoms with E-state index in [9.17, 15) is 4.79 Å². The minimum atomic E-state index is 0.577. The van der Waals surface area contributed by atoms with Crippen LogP contribution in [-0.2, 0) is 0 Å². The normalized spacial score (nSPS) is 10.7. The van der Waals surface area contributed by atoms with Gasteiger partial charge in [0.15, 0.2) is 6.29 Å². The van der Waals surface area contributed by atoms with Gasteiger partial charge in [-0.25, -0.2) is 4.98 Å². The van der Waals surface area contributed by atoms with Crippen LogP contribution in [0.15, 0.2) is 53.1 Å². The van der Waals surface area contributed by atoms with Crippen LogP contribution in [0.4, 0.5) is 0 Å². The van der Waals surface area contributed by atoms with Gasteiger partial charge in [0.05, 0.1) is 0 Å². The number of aromatic nitrogens is 2. The zero-order valence-corrected chi connectivity index (χ0v) is 11.0. The molecule has 0 bridgehead atoms. The van der Waals surface area contributed by atoms with Gasteiger partial charge in [0, 0.05) is 16.2 Å². The Morgan fingerprint density at radius 3 is 2.61 bits per heavy atom. The van der Waals surface area contributed by atoms with E-state index in [0.717, 1.165) is 22.0 Å². The lowest BCUT2D eigenvalue weighted by Gasteiger charge is -1.98. The summed E-state index contributed by atoms with van der Waals surface area (Å²) in [7, 11) is 0. The van der Waals surface area contributed by atoms with Gasteiger partial charge in [-0.15, -0.1) is 0 Å². The Kier molecular flexibility index (Phi) is 2.72. The summed E-state index contributed by atoms with van der Waals surface area (Å²) in [4.78, 5) is 15.8. The molecule has 0 unspecified atom stereocenters. The minimum Gasteiger partial charge on any atom is -0.297 e. The molecule has 18 heavy (non-hydrogen) atoms. The third kappa shape index (κ3) is 1.75.